The maximum absolute atomic E-state index is 13.8. The molecule has 1 aliphatic heterocycles. The van der Waals surface area contributed by atoms with Gasteiger partial charge in [0.05, 0.1) is 13.1 Å². The number of phenolic OH excluding ortho intramolecular Hbond substituents is 1. The Morgan fingerprint density at radius 2 is 1.46 bits per heavy atom. The highest BCUT2D eigenvalue weighted by Gasteiger charge is 2.30. The highest BCUT2D eigenvalue weighted by molar-refractivity contribution is 6.16. The molecule has 10 heteroatoms. The van der Waals surface area contributed by atoms with Crippen LogP contribution in [0.15, 0.2) is 65.7 Å². The molecule has 0 saturated carbocycles. The molecule has 1 saturated heterocycles. The molecule has 1 heterocycles. The van der Waals surface area contributed by atoms with Crippen LogP contribution in [-0.2, 0) is 4.79 Å². The van der Waals surface area contributed by atoms with Crippen molar-refractivity contribution < 1.29 is 37.0 Å². The lowest BCUT2D eigenvalue weighted by molar-refractivity contribution is -0.113. The van der Waals surface area contributed by atoms with Crippen molar-refractivity contribution >= 4 is 23.8 Å². The number of carbonyl (C=O) groups excluding carboxylic acids is 2. The van der Waals surface area contributed by atoms with Gasteiger partial charge in [-0.05, 0) is 72.8 Å². The van der Waals surface area contributed by atoms with E-state index >= 15 is 0 Å². The van der Waals surface area contributed by atoms with Crippen LogP contribution in [0.2, 0.25) is 0 Å². The minimum absolute atomic E-state index is 0.0960. The molecule has 0 atom stereocenters. The first-order valence-corrected chi connectivity index (χ1v) is 11.9. The van der Waals surface area contributed by atoms with Gasteiger partial charge in [-0.1, -0.05) is 12.1 Å². The first-order valence-electron chi connectivity index (χ1n) is 11.9. The zero-order chi connectivity index (χ0) is 28.1. The molecule has 3 aromatic rings. The lowest BCUT2D eigenvalue weighted by atomic mass is 9.93. The number of piperidine rings is 1. The number of carbonyl (C=O) groups is 2. The number of Topliss-reactive ketones (excluding diaryl/α,β-unsaturated/α-hetero) is 1. The Hall–Kier alpha value is -4.44. The predicted molar refractivity (Wildman–Crippen MR) is 137 cm³/mol. The molecular formula is C29H24F4N2O4. The number of phenols is 1. The summed E-state index contributed by atoms with van der Waals surface area (Å²) in [5.41, 5.74) is 0.755. The summed E-state index contributed by atoms with van der Waals surface area (Å²) >= 11 is 0. The number of ether oxygens (including phenoxy) is 1. The molecule has 1 aliphatic rings. The molecule has 4 rings (SSSR count). The number of amides is 1. The van der Waals surface area contributed by atoms with Crippen LogP contribution in [-0.4, -0.2) is 55.0 Å². The van der Waals surface area contributed by atoms with E-state index in [1.54, 1.807) is 7.05 Å². The van der Waals surface area contributed by atoms with Crippen LogP contribution < -0.4 is 10.1 Å². The van der Waals surface area contributed by atoms with Crippen LogP contribution >= 0.6 is 0 Å². The van der Waals surface area contributed by atoms with Gasteiger partial charge in [0.25, 0.3) is 5.91 Å². The highest BCUT2D eigenvalue weighted by atomic mass is 19.2. The zero-order valence-corrected chi connectivity index (χ0v) is 20.8. The van der Waals surface area contributed by atoms with Crippen LogP contribution in [0.5, 0.6) is 11.5 Å². The zero-order valence-electron chi connectivity index (χ0n) is 20.8. The Kier molecular flexibility index (Phi) is 8.46. The number of likely N-dealkylation sites (tertiary alicyclic amines) is 1. The Balaban J connectivity index is 1.71. The Morgan fingerprint density at radius 3 is 1.97 bits per heavy atom. The van der Waals surface area contributed by atoms with Crippen LogP contribution in [0.1, 0.15) is 21.5 Å². The Bertz CT molecular complexity index is 1410. The smallest absolute Gasteiger partial charge is 0.254 e. The number of ketones is 1. The van der Waals surface area contributed by atoms with Gasteiger partial charge in [-0.3, -0.25) is 9.59 Å². The normalized spacial score (nSPS) is 15.7. The molecule has 6 nitrogen and oxygen atoms in total. The number of likely N-dealkylation sites (N-methyl/N-ethyl adjacent to an activating group) is 1. The second-order valence-electron chi connectivity index (χ2n) is 8.81. The van der Waals surface area contributed by atoms with Crippen LogP contribution in [0.25, 0.3) is 12.2 Å². The third-order valence-corrected chi connectivity index (χ3v) is 5.98. The minimum atomic E-state index is -1.10. The van der Waals surface area contributed by atoms with Gasteiger partial charge < -0.3 is 20.1 Å². The standard InChI is InChI=1S/C29H24F4N2O4/c1-34-8-9-39-27-14-19(4-7-26(27)36)29(38)35-15-20(10-17-2-5-22(30)24(32)12-17)28(37)21(16-35)11-18-3-6-23(31)25(33)13-18/h2-7,10-14,34,36H,8-9,15-16H2,1H3/b20-10+,21-11+. The van der Waals surface area contributed by atoms with E-state index in [0.29, 0.717) is 6.54 Å². The predicted octanol–water partition coefficient (Wildman–Crippen LogP) is 4.74. The number of hydrogen-bond donors (Lipinski definition) is 2. The van der Waals surface area contributed by atoms with Gasteiger partial charge in [-0.15, -0.1) is 0 Å². The number of nitrogens with one attached hydrogen (secondary N) is 1. The third-order valence-electron chi connectivity index (χ3n) is 5.98. The highest BCUT2D eigenvalue weighted by Crippen LogP contribution is 2.29. The molecule has 2 N–H and O–H groups in total. The summed E-state index contributed by atoms with van der Waals surface area (Å²) in [7, 11) is 1.73. The molecular weight excluding hydrogens is 516 g/mol. The van der Waals surface area contributed by atoms with Crippen molar-refractivity contribution in [3.05, 3.63) is 106 Å². The lowest BCUT2D eigenvalue weighted by Gasteiger charge is -2.30. The molecule has 0 radical (unpaired) electrons. The topological polar surface area (TPSA) is 78.9 Å². The molecule has 1 fully saturated rings. The second kappa shape index (κ2) is 12.0. The first-order chi connectivity index (χ1) is 18.7. The lowest BCUT2D eigenvalue weighted by Crippen LogP contribution is -2.41. The van der Waals surface area contributed by atoms with E-state index in [0.717, 1.165) is 24.3 Å². The molecule has 0 spiro atoms. The van der Waals surface area contributed by atoms with Gasteiger partial charge in [-0.25, -0.2) is 17.6 Å². The van der Waals surface area contributed by atoms with Crippen LogP contribution in [0.4, 0.5) is 17.6 Å². The first kappa shape index (κ1) is 27.6. The molecule has 0 unspecified atom stereocenters. The molecule has 0 aliphatic carbocycles. The number of nitrogens with zero attached hydrogens (tertiary/aromatic N) is 1. The number of aromatic hydroxyl groups is 1. The van der Waals surface area contributed by atoms with Crippen LogP contribution in [0, 0.1) is 23.3 Å². The van der Waals surface area contributed by atoms with E-state index in [1.165, 1.54) is 47.4 Å². The number of benzene rings is 3. The number of hydrogen-bond acceptors (Lipinski definition) is 5. The van der Waals surface area contributed by atoms with Gasteiger partial charge >= 0.3 is 0 Å². The van der Waals surface area contributed by atoms with Crippen LogP contribution in [0.3, 0.4) is 0 Å². The van der Waals surface area contributed by atoms with Crippen molar-refractivity contribution in [3.8, 4) is 11.5 Å². The van der Waals surface area contributed by atoms with E-state index in [2.05, 4.69) is 5.32 Å². The van der Waals surface area contributed by atoms with Crippen molar-refractivity contribution in [2.24, 2.45) is 0 Å². The fourth-order valence-electron chi connectivity index (χ4n) is 4.00. The summed E-state index contributed by atoms with van der Waals surface area (Å²) < 4.78 is 60.0. The molecule has 1 amide bonds. The Labute approximate surface area is 221 Å². The van der Waals surface area contributed by atoms with Crippen molar-refractivity contribution in [2.45, 2.75) is 0 Å². The average Bonchev–Trinajstić information content (AvgIpc) is 2.91. The van der Waals surface area contributed by atoms with E-state index in [1.807, 2.05) is 0 Å². The van der Waals surface area contributed by atoms with E-state index in [4.69, 9.17) is 4.74 Å². The van der Waals surface area contributed by atoms with E-state index < -0.39 is 35.0 Å². The minimum Gasteiger partial charge on any atom is -0.504 e. The second-order valence-corrected chi connectivity index (χ2v) is 8.81. The fraction of sp³-hybridized carbons (Fsp3) is 0.172. The summed E-state index contributed by atoms with van der Waals surface area (Å²) in [6, 6.07) is 10.3. The summed E-state index contributed by atoms with van der Waals surface area (Å²) in [4.78, 5) is 28.1. The fourth-order valence-corrected chi connectivity index (χ4v) is 4.00. The van der Waals surface area contributed by atoms with Gasteiger partial charge in [0.2, 0.25) is 0 Å². The number of halogens is 4. The number of rotatable bonds is 7. The molecule has 3 aromatic carbocycles. The summed E-state index contributed by atoms with van der Waals surface area (Å²) in [6.45, 7) is 0.412. The van der Waals surface area contributed by atoms with Crippen molar-refractivity contribution in [1.82, 2.24) is 10.2 Å². The molecule has 39 heavy (non-hydrogen) atoms. The largest absolute Gasteiger partial charge is 0.504 e. The summed E-state index contributed by atoms with van der Waals surface area (Å²) in [5.74, 6) is -5.37. The van der Waals surface area contributed by atoms with Gasteiger partial charge in [0.15, 0.2) is 40.6 Å². The van der Waals surface area contributed by atoms with E-state index in [9.17, 15) is 32.3 Å². The van der Waals surface area contributed by atoms with Gasteiger partial charge in [0, 0.05) is 23.3 Å². The van der Waals surface area contributed by atoms with Gasteiger partial charge in [0.1, 0.15) is 6.61 Å². The maximum atomic E-state index is 13.8. The molecule has 202 valence electrons. The third kappa shape index (κ3) is 6.53. The van der Waals surface area contributed by atoms with Crippen molar-refractivity contribution in [2.75, 3.05) is 33.3 Å². The summed E-state index contributed by atoms with van der Waals surface area (Å²) in [5, 5.41) is 13.0. The summed E-state index contributed by atoms with van der Waals surface area (Å²) in [6.07, 6.45) is 2.68. The monoisotopic (exact) mass is 540 g/mol. The van der Waals surface area contributed by atoms with Crippen molar-refractivity contribution in [3.63, 3.8) is 0 Å². The van der Waals surface area contributed by atoms with Gasteiger partial charge in [-0.2, -0.15) is 0 Å². The Morgan fingerprint density at radius 1 is 0.897 bits per heavy atom. The SMILES string of the molecule is CNCCOc1cc(C(=O)N2C/C(=C\c3ccc(F)c(F)c3)C(=O)/C(=C/c3ccc(F)c(F)c3)C2)ccc1O. The average molecular weight is 541 g/mol. The van der Waals surface area contributed by atoms with Crippen molar-refractivity contribution in [1.29, 1.82) is 0 Å². The van der Waals surface area contributed by atoms with E-state index in [-0.39, 0.29) is 59.0 Å². The maximum Gasteiger partial charge on any atom is 0.254 e. The molecule has 0 bridgehead atoms. The molecule has 0 aromatic heterocycles. The quantitative estimate of drug-likeness (QED) is 0.257.